The van der Waals surface area contributed by atoms with Crippen LogP contribution in [0.3, 0.4) is 0 Å². The first-order valence-electron chi connectivity index (χ1n) is 22.2. The zero-order valence-corrected chi connectivity index (χ0v) is 33.7. The van der Waals surface area contributed by atoms with Crippen molar-refractivity contribution in [2.45, 2.75) is 239 Å². The molecule has 294 valence electrons. The van der Waals surface area contributed by atoms with Crippen molar-refractivity contribution in [2.24, 2.45) is 5.92 Å². The Bertz CT molecular complexity index is 644. The van der Waals surface area contributed by atoms with Gasteiger partial charge in [-0.2, -0.15) is 0 Å². The lowest BCUT2D eigenvalue weighted by molar-refractivity contribution is -0.143. The van der Waals surface area contributed by atoms with E-state index in [1.54, 1.807) is 0 Å². The Kier molecular flexibility index (Phi) is 39.6. The van der Waals surface area contributed by atoms with Crippen LogP contribution in [-0.4, -0.2) is 60.0 Å². The molecule has 0 spiro atoms. The minimum absolute atomic E-state index is 0.0285. The van der Waals surface area contributed by atoms with Crippen molar-refractivity contribution in [2.75, 3.05) is 32.8 Å². The SMILES string of the molecule is CCCCCCCCCCC(CCCCCCCC)CCCN(CCCO)C[C@H](O)CCCCCCCCC(=O)OCCCCCCCC. The summed E-state index contributed by atoms with van der Waals surface area (Å²) in [6, 6.07) is 0. The summed E-state index contributed by atoms with van der Waals surface area (Å²) in [5, 5.41) is 20.4. The Balaban J connectivity index is 4.22. The number of carbonyl (C=O) groups is 1. The lowest BCUT2D eigenvalue weighted by atomic mass is 9.90. The molecule has 0 fully saturated rings. The van der Waals surface area contributed by atoms with Crippen molar-refractivity contribution in [1.82, 2.24) is 4.90 Å². The first-order valence-corrected chi connectivity index (χ1v) is 22.2. The second-order valence-electron chi connectivity index (χ2n) is 15.5. The smallest absolute Gasteiger partial charge is 0.305 e. The number of rotatable bonds is 41. The van der Waals surface area contributed by atoms with E-state index < -0.39 is 0 Å². The predicted octanol–water partition coefficient (Wildman–Crippen LogP) is 12.7. The summed E-state index contributed by atoms with van der Waals surface area (Å²) < 4.78 is 5.39. The normalized spacial score (nSPS) is 12.9. The zero-order chi connectivity index (χ0) is 35.9. The van der Waals surface area contributed by atoms with Crippen molar-refractivity contribution >= 4 is 5.97 Å². The molecule has 0 aromatic carbocycles. The fraction of sp³-hybridized carbons (Fsp3) is 0.977. The molecule has 0 rings (SSSR count). The zero-order valence-electron chi connectivity index (χ0n) is 33.7. The number of esters is 1. The Hall–Kier alpha value is -0.650. The van der Waals surface area contributed by atoms with Crippen molar-refractivity contribution in [3.8, 4) is 0 Å². The largest absolute Gasteiger partial charge is 0.466 e. The third-order valence-corrected chi connectivity index (χ3v) is 10.5. The maximum Gasteiger partial charge on any atom is 0.305 e. The van der Waals surface area contributed by atoms with E-state index in [2.05, 4.69) is 25.7 Å². The van der Waals surface area contributed by atoms with Gasteiger partial charge in [-0.05, 0) is 51.0 Å². The van der Waals surface area contributed by atoms with Gasteiger partial charge in [0.1, 0.15) is 0 Å². The van der Waals surface area contributed by atoms with E-state index in [1.165, 1.54) is 154 Å². The van der Waals surface area contributed by atoms with E-state index >= 15 is 0 Å². The number of ether oxygens (including phenoxy) is 1. The molecule has 0 saturated heterocycles. The lowest BCUT2D eigenvalue weighted by Gasteiger charge is -2.26. The van der Waals surface area contributed by atoms with Crippen LogP contribution in [0.25, 0.3) is 0 Å². The first kappa shape index (κ1) is 48.3. The van der Waals surface area contributed by atoms with Crippen molar-refractivity contribution in [3.63, 3.8) is 0 Å². The number of nitrogens with zero attached hydrogens (tertiary/aromatic N) is 1. The highest BCUT2D eigenvalue weighted by atomic mass is 16.5. The molecule has 0 aliphatic rings. The van der Waals surface area contributed by atoms with Crippen LogP contribution in [0.4, 0.5) is 0 Å². The van der Waals surface area contributed by atoms with Gasteiger partial charge in [-0.25, -0.2) is 0 Å². The van der Waals surface area contributed by atoms with Gasteiger partial charge in [0.25, 0.3) is 0 Å². The van der Waals surface area contributed by atoms with E-state index in [1.807, 2.05) is 0 Å². The molecule has 0 heterocycles. The van der Waals surface area contributed by atoms with Crippen LogP contribution in [0, 0.1) is 5.92 Å². The van der Waals surface area contributed by atoms with Gasteiger partial charge >= 0.3 is 5.97 Å². The van der Waals surface area contributed by atoms with Crippen LogP contribution in [0.1, 0.15) is 233 Å². The summed E-state index contributed by atoms with van der Waals surface area (Å²) in [4.78, 5) is 14.4. The molecular formula is C44H89NO4. The fourth-order valence-corrected chi connectivity index (χ4v) is 7.29. The molecule has 0 aliphatic heterocycles. The summed E-state index contributed by atoms with van der Waals surface area (Å²) in [6.45, 7) is 10.3. The van der Waals surface area contributed by atoms with Gasteiger partial charge in [-0.3, -0.25) is 4.79 Å². The second-order valence-corrected chi connectivity index (χ2v) is 15.5. The topological polar surface area (TPSA) is 70.0 Å². The molecule has 2 N–H and O–H groups in total. The molecular weight excluding hydrogens is 606 g/mol. The molecule has 0 aromatic heterocycles. The molecule has 0 aliphatic carbocycles. The Labute approximate surface area is 307 Å². The Morgan fingerprint density at radius 1 is 0.510 bits per heavy atom. The highest BCUT2D eigenvalue weighted by Gasteiger charge is 2.14. The minimum Gasteiger partial charge on any atom is -0.466 e. The molecule has 5 nitrogen and oxygen atoms in total. The monoisotopic (exact) mass is 696 g/mol. The highest BCUT2D eigenvalue weighted by Crippen LogP contribution is 2.24. The van der Waals surface area contributed by atoms with Crippen LogP contribution < -0.4 is 0 Å². The number of aliphatic hydroxyl groups excluding tert-OH is 2. The molecule has 5 heteroatoms. The number of hydrogen-bond donors (Lipinski definition) is 2. The van der Waals surface area contributed by atoms with Gasteiger partial charge in [-0.1, -0.05) is 188 Å². The van der Waals surface area contributed by atoms with Crippen LogP contribution >= 0.6 is 0 Å². The fourth-order valence-electron chi connectivity index (χ4n) is 7.29. The Morgan fingerprint density at radius 3 is 1.43 bits per heavy atom. The molecule has 0 bridgehead atoms. The second kappa shape index (κ2) is 40.1. The highest BCUT2D eigenvalue weighted by molar-refractivity contribution is 5.69. The molecule has 0 aromatic rings. The third-order valence-electron chi connectivity index (χ3n) is 10.5. The average Bonchev–Trinajstić information content (AvgIpc) is 3.10. The molecule has 0 amide bonds. The average molecular weight is 696 g/mol. The van der Waals surface area contributed by atoms with Crippen LogP contribution in [0.5, 0.6) is 0 Å². The minimum atomic E-state index is -0.281. The summed E-state index contributed by atoms with van der Waals surface area (Å²) >= 11 is 0. The molecule has 0 saturated carbocycles. The molecule has 0 radical (unpaired) electrons. The van der Waals surface area contributed by atoms with Gasteiger partial charge in [0.15, 0.2) is 0 Å². The van der Waals surface area contributed by atoms with Crippen molar-refractivity contribution in [1.29, 1.82) is 0 Å². The quantitative estimate of drug-likeness (QED) is 0.0492. The number of carbonyl (C=O) groups excluding carboxylic acids is 1. The van der Waals surface area contributed by atoms with Crippen molar-refractivity contribution < 1.29 is 19.7 Å². The number of aliphatic hydroxyl groups is 2. The number of unbranched alkanes of at least 4 members (excludes halogenated alkanes) is 22. The summed E-state index contributed by atoms with van der Waals surface area (Å²) in [5.41, 5.74) is 0. The third kappa shape index (κ3) is 36.9. The van der Waals surface area contributed by atoms with Gasteiger partial charge in [0.05, 0.1) is 12.7 Å². The van der Waals surface area contributed by atoms with Crippen LogP contribution in [-0.2, 0) is 9.53 Å². The lowest BCUT2D eigenvalue weighted by Crippen LogP contribution is -2.34. The standard InChI is InChI=1S/C44H89NO4/c1-4-7-10-13-16-17-21-26-33-42(32-25-20-14-11-8-5-2)34-30-37-45(38-31-39-46)41-43(47)35-27-22-18-19-23-28-36-44(48)49-40-29-24-15-12-9-6-3/h42-43,46-47H,4-41H2,1-3H3/t42?,43-/m1/s1. The first-order chi connectivity index (χ1) is 24.1. The van der Waals surface area contributed by atoms with Gasteiger partial charge in [0, 0.05) is 26.1 Å². The maximum absolute atomic E-state index is 12.0. The summed E-state index contributed by atoms with van der Waals surface area (Å²) in [7, 11) is 0. The summed E-state index contributed by atoms with van der Waals surface area (Å²) in [5.74, 6) is 0.825. The molecule has 2 atom stereocenters. The Morgan fingerprint density at radius 2 is 0.918 bits per heavy atom. The van der Waals surface area contributed by atoms with Crippen LogP contribution in [0.15, 0.2) is 0 Å². The predicted molar refractivity (Wildman–Crippen MR) is 213 cm³/mol. The van der Waals surface area contributed by atoms with E-state index in [-0.39, 0.29) is 18.7 Å². The summed E-state index contributed by atoms with van der Waals surface area (Å²) in [6.07, 6.45) is 40.6. The van der Waals surface area contributed by atoms with Gasteiger partial charge in [-0.15, -0.1) is 0 Å². The van der Waals surface area contributed by atoms with E-state index in [0.29, 0.717) is 13.0 Å². The van der Waals surface area contributed by atoms with E-state index in [9.17, 15) is 15.0 Å². The maximum atomic E-state index is 12.0. The van der Waals surface area contributed by atoms with E-state index in [4.69, 9.17) is 4.74 Å². The van der Waals surface area contributed by atoms with E-state index in [0.717, 1.165) is 76.9 Å². The molecule has 49 heavy (non-hydrogen) atoms. The van der Waals surface area contributed by atoms with Gasteiger partial charge < -0.3 is 19.8 Å². The number of hydrogen-bond acceptors (Lipinski definition) is 5. The van der Waals surface area contributed by atoms with Gasteiger partial charge in [0.2, 0.25) is 0 Å². The molecule has 1 unspecified atom stereocenters. The van der Waals surface area contributed by atoms with Crippen molar-refractivity contribution in [3.05, 3.63) is 0 Å². The van der Waals surface area contributed by atoms with Crippen LogP contribution in [0.2, 0.25) is 0 Å².